The van der Waals surface area contributed by atoms with E-state index in [4.69, 9.17) is 11.6 Å². The van der Waals surface area contributed by atoms with Gasteiger partial charge >= 0.3 is 0 Å². The third-order valence-corrected chi connectivity index (χ3v) is 5.70. The topological polar surface area (TPSA) is 62.3 Å². The van der Waals surface area contributed by atoms with E-state index in [-0.39, 0.29) is 4.90 Å². The highest BCUT2D eigenvalue weighted by atomic mass is 35.5. The quantitative estimate of drug-likeness (QED) is 0.795. The summed E-state index contributed by atoms with van der Waals surface area (Å²) in [5, 5.41) is 3.42. The average molecular weight is 332 g/mol. The van der Waals surface area contributed by atoms with Crippen LogP contribution in [0, 0.1) is 5.92 Å². The van der Waals surface area contributed by atoms with Crippen LogP contribution in [0.25, 0.3) is 0 Å². The maximum Gasteiger partial charge on any atom is 0.244 e. The lowest BCUT2D eigenvalue weighted by atomic mass is 10.4. The summed E-state index contributed by atoms with van der Waals surface area (Å²) in [6, 6.07) is 1.48. The second-order valence-electron chi connectivity index (χ2n) is 5.33. The van der Waals surface area contributed by atoms with Crippen molar-refractivity contribution in [3.63, 3.8) is 0 Å². The minimum absolute atomic E-state index is 0.164. The molecule has 5 nitrogen and oxygen atoms in total. The van der Waals surface area contributed by atoms with E-state index in [0.29, 0.717) is 29.8 Å². The Bertz CT molecular complexity index is 588. The Labute approximate surface area is 131 Å². The van der Waals surface area contributed by atoms with E-state index in [1.165, 1.54) is 16.6 Å². The number of anilines is 1. The van der Waals surface area contributed by atoms with Crippen molar-refractivity contribution >= 4 is 27.4 Å². The molecule has 7 heteroatoms. The van der Waals surface area contributed by atoms with Gasteiger partial charge in [0.25, 0.3) is 0 Å². The molecule has 1 aromatic rings. The van der Waals surface area contributed by atoms with Crippen molar-refractivity contribution in [2.75, 3.05) is 25.0 Å². The second-order valence-corrected chi connectivity index (χ2v) is 7.67. The molecule has 1 heterocycles. The lowest BCUT2D eigenvalue weighted by molar-refractivity contribution is 0.412. The van der Waals surface area contributed by atoms with E-state index in [0.717, 1.165) is 25.8 Å². The van der Waals surface area contributed by atoms with E-state index < -0.39 is 10.0 Å². The predicted molar refractivity (Wildman–Crippen MR) is 85.2 cm³/mol. The summed E-state index contributed by atoms with van der Waals surface area (Å²) in [6.07, 6.45) is 4.56. The number of sulfonamides is 1. The highest BCUT2D eigenvalue weighted by Gasteiger charge is 2.31. The molecule has 0 aliphatic heterocycles. The van der Waals surface area contributed by atoms with Gasteiger partial charge in [0.2, 0.25) is 10.0 Å². The molecule has 2 rings (SSSR count). The van der Waals surface area contributed by atoms with E-state index >= 15 is 0 Å². The van der Waals surface area contributed by atoms with Crippen LogP contribution in [0.3, 0.4) is 0 Å². The zero-order valence-corrected chi connectivity index (χ0v) is 14.0. The number of hydrogen-bond acceptors (Lipinski definition) is 4. The van der Waals surface area contributed by atoms with Gasteiger partial charge in [-0.15, -0.1) is 0 Å². The van der Waals surface area contributed by atoms with Gasteiger partial charge in [0.15, 0.2) is 0 Å². The molecule has 118 valence electrons. The van der Waals surface area contributed by atoms with Crippen LogP contribution in [0.15, 0.2) is 17.2 Å². The summed E-state index contributed by atoms with van der Waals surface area (Å²) in [4.78, 5) is 4.31. The van der Waals surface area contributed by atoms with Gasteiger partial charge in [-0.3, -0.25) is 0 Å². The van der Waals surface area contributed by atoms with Crippen molar-refractivity contribution in [3.05, 3.63) is 17.3 Å². The van der Waals surface area contributed by atoms with Gasteiger partial charge in [0, 0.05) is 25.8 Å². The van der Waals surface area contributed by atoms with Crippen LogP contribution in [-0.2, 0) is 10.0 Å². The van der Waals surface area contributed by atoms with Gasteiger partial charge in [0.05, 0.1) is 5.02 Å². The first-order chi connectivity index (χ1) is 9.98. The molecule has 0 saturated heterocycles. The van der Waals surface area contributed by atoms with Crippen molar-refractivity contribution in [2.24, 2.45) is 5.92 Å². The minimum atomic E-state index is -3.51. The largest absolute Gasteiger partial charge is 0.369 e. The Balaban J connectivity index is 2.20. The molecule has 0 atom stereocenters. The van der Waals surface area contributed by atoms with Crippen LogP contribution < -0.4 is 5.32 Å². The summed E-state index contributed by atoms with van der Waals surface area (Å²) >= 11 is 6.13. The first-order valence-electron chi connectivity index (χ1n) is 7.38. The molecular weight excluding hydrogens is 310 g/mol. The van der Waals surface area contributed by atoms with E-state index in [1.807, 2.05) is 13.8 Å². The number of pyridine rings is 1. The number of aromatic nitrogens is 1. The molecule has 1 N–H and O–H groups in total. The fraction of sp³-hybridized carbons (Fsp3) is 0.643. The van der Waals surface area contributed by atoms with Crippen molar-refractivity contribution in [2.45, 2.75) is 38.0 Å². The Morgan fingerprint density at radius 3 is 2.67 bits per heavy atom. The average Bonchev–Trinajstić information content (AvgIpc) is 3.27. The molecule has 1 saturated carbocycles. The molecule has 1 aliphatic carbocycles. The van der Waals surface area contributed by atoms with Crippen molar-refractivity contribution < 1.29 is 8.42 Å². The molecule has 0 aromatic carbocycles. The number of halogens is 1. The molecule has 0 unspecified atom stereocenters. The molecule has 0 amide bonds. The van der Waals surface area contributed by atoms with Crippen LogP contribution in [0.4, 0.5) is 5.82 Å². The van der Waals surface area contributed by atoms with Gasteiger partial charge in [0.1, 0.15) is 10.7 Å². The molecule has 0 spiro atoms. The SMILES string of the molecule is CCCNc1ncc(S(=O)(=O)N(CC)CC2CC2)cc1Cl. The summed E-state index contributed by atoms with van der Waals surface area (Å²) in [6.45, 7) is 5.70. The summed E-state index contributed by atoms with van der Waals surface area (Å²) in [7, 11) is -3.51. The van der Waals surface area contributed by atoms with Crippen LogP contribution in [0.1, 0.15) is 33.1 Å². The van der Waals surface area contributed by atoms with Crippen molar-refractivity contribution in [3.8, 4) is 0 Å². The maximum atomic E-state index is 12.6. The summed E-state index contributed by atoms with van der Waals surface area (Å²) < 4.78 is 26.7. The molecule has 1 fully saturated rings. The molecule has 0 bridgehead atoms. The predicted octanol–water partition coefficient (Wildman–Crippen LogP) is 2.98. The normalized spacial score (nSPS) is 15.4. The number of nitrogens with one attached hydrogen (secondary N) is 1. The van der Waals surface area contributed by atoms with Crippen molar-refractivity contribution in [1.29, 1.82) is 0 Å². The Morgan fingerprint density at radius 1 is 1.43 bits per heavy atom. The van der Waals surface area contributed by atoms with Gasteiger partial charge in [-0.1, -0.05) is 25.4 Å². The van der Waals surface area contributed by atoms with Crippen LogP contribution in [0.2, 0.25) is 5.02 Å². The first-order valence-corrected chi connectivity index (χ1v) is 9.20. The van der Waals surface area contributed by atoms with Gasteiger partial charge in [-0.2, -0.15) is 4.31 Å². The third kappa shape index (κ3) is 4.08. The Morgan fingerprint density at radius 2 is 2.14 bits per heavy atom. The number of rotatable bonds is 8. The third-order valence-electron chi connectivity index (χ3n) is 3.51. The van der Waals surface area contributed by atoms with Crippen LogP contribution in [-0.4, -0.2) is 37.3 Å². The van der Waals surface area contributed by atoms with Gasteiger partial charge < -0.3 is 5.32 Å². The van der Waals surface area contributed by atoms with Crippen LogP contribution in [0.5, 0.6) is 0 Å². The van der Waals surface area contributed by atoms with E-state index in [1.54, 1.807) is 0 Å². The summed E-state index contributed by atoms with van der Waals surface area (Å²) in [5.74, 6) is 1.04. The zero-order valence-electron chi connectivity index (χ0n) is 12.5. The molecule has 1 aliphatic rings. The molecule has 0 radical (unpaired) electrons. The zero-order chi connectivity index (χ0) is 15.5. The highest BCUT2D eigenvalue weighted by molar-refractivity contribution is 7.89. The Hall–Kier alpha value is -0.850. The molecular formula is C14H22ClN3O2S. The van der Waals surface area contributed by atoms with Gasteiger partial charge in [-0.25, -0.2) is 13.4 Å². The highest BCUT2D eigenvalue weighted by Crippen LogP contribution is 2.32. The Kier molecular flexibility index (Phi) is 5.46. The lowest BCUT2D eigenvalue weighted by Gasteiger charge is -2.20. The fourth-order valence-electron chi connectivity index (χ4n) is 2.07. The van der Waals surface area contributed by atoms with E-state index in [2.05, 4.69) is 10.3 Å². The van der Waals surface area contributed by atoms with E-state index in [9.17, 15) is 8.42 Å². The van der Waals surface area contributed by atoms with Gasteiger partial charge in [-0.05, 0) is 31.2 Å². The second kappa shape index (κ2) is 6.94. The monoisotopic (exact) mass is 331 g/mol. The molecule has 21 heavy (non-hydrogen) atoms. The lowest BCUT2D eigenvalue weighted by Crippen LogP contribution is -2.32. The minimum Gasteiger partial charge on any atom is -0.369 e. The standard InChI is InChI=1S/C14H22ClN3O2S/c1-3-7-16-14-13(15)8-12(9-17-14)21(19,20)18(4-2)10-11-5-6-11/h8-9,11H,3-7,10H2,1-2H3,(H,16,17). The molecule has 1 aromatic heterocycles. The number of hydrogen-bond donors (Lipinski definition) is 1. The maximum absolute atomic E-state index is 12.6. The summed E-state index contributed by atoms with van der Waals surface area (Å²) in [5.41, 5.74) is 0. The fourth-order valence-corrected chi connectivity index (χ4v) is 3.87. The first kappa shape index (κ1) is 16.5. The number of nitrogens with zero attached hydrogens (tertiary/aromatic N) is 2. The smallest absolute Gasteiger partial charge is 0.244 e. The van der Waals surface area contributed by atoms with Crippen LogP contribution >= 0.6 is 11.6 Å². The van der Waals surface area contributed by atoms with Crippen molar-refractivity contribution in [1.82, 2.24) is 9.29 Å².